The number of amides is 1. The molecule has 0 saturated carbocycles. The Bertz CT molecular complexity index is 1440. The summed E-state index contributed by atoms with van der Waals surface area (Å²) in [5.74, 6) is -3.59. The maximum atomic E-state index is 12.4. The quantitative estimate of drug-likeness (QED) is 0.288. The number of ether oxygens (including phenoxy) is 1. The van der Waals surface area contributed by atoms with Crippen LogP contribution in [0.2, 0.25) is 10.0 Å². The van der Waals surface area contributed by atoms with Crippen LogP contribution in [-0.2, 0) is 14.3 Å². The number of carboxylic acids is 1. The summed E-state index contributed by atoms with van der Waals surface area (Å²) in [6, 6.07) is 12.1. The Kier molecular flexibility index (Phi) is 8.79. The molecule has 0 fully saturated rings. The first-order valence-electron chi connectivity index (χ1n) is 9.91. The van der Waals surface area contributed by atoms with Gasteiger partial charge in [0.25, 0.3) is 5.91 Å². The zero-order valence-electron chi connectivity index (χ0n) is 18.5. The molecule has 192 valence electrons. The van der Waals surface area contributed by atoms with Gasteiger partial charge in [-0.05, 0) is 53.7 Å². The number of aliphatic carboxylic acids is 1. The van der Waals surface area contributed by atoms with Gasteiger partial charge in [-0.3, -0.25) is 9.78 Å². The van der Waals surface area contributed by atoms with Gasteiger partial charge in [-0.2, -0.15) is 18.2 Å². The third kappa shape index (κ3) is 7.00. The van der Waals surface area contributed by atoms with Crippen LogP contribution in [-0.4, -0.2) is 46.4 Å². The Hall–Kier alpha value is -3.61. The summed E-state index contributed by atoms with van der Waals surface area (Å²) >= 11 is 13.5. The Balaban J connectivity index is 0.000000479. The number of alkyl halides is 3. The van der Waals surface area contributed by atoms with E-state index >= 15 is 0 Å². The molecule has 0 aliphatic carbocycles. The van der Waals surface area contributed by atoms with E-state index in [0.717, 1.165) is 5.56 Å². The van der Waals surface area contributed by atoms with Crippen molar-refractivity contribution in [1.29, 1.82) is 0 Å². The molecule has 37 heavy (non-hydrogen) atoms. The highest BCUT2D eigenvalue weighted by atomic mass is 35.5. The number of benzene rings is 2. The first-order valence-corrected chi connectivity index (χ1v) is 11.5. The molecule has 14 heteroatoms. The molecule has 0 radical (unpaired) electrons. The van der Waals surface area contributed by atoms with E-state index < -0.39 is 18.1 Å². The number of aliphatic imine (C=N–C) groups is 1. The topological polar surface area (TPSA) is 118 Å². The number of anilines is 1. The number of rotatable bonds is 3. The molecule has 3 aromatic rings. The monoisotopic (exact) mass is 571 g/mol. The van der Waals surface area contributed by atoms with Gasteiger partial charge in [0.2, 0.25) is 0 Å². The van der Waals surface area contributed by atoms with Gasteiger partial charge in [0, 0.05) is 11.6 Å². The van der Waals surface area contributed by atoms with Crippen LogP contribution in [0.3, 0.4) is 0 Å². The van der Waals surface area contributed by atoms with E-state index in [-0.39, 0.29) is 5.91 Å². The number of aromatic nitrogens is 1. The number of nitrogens with zero attached hydrogens (tertiary/aromatic N) is 2. The lowest BCUT2D eigenvalue weighted by Crippen LogP contribution is -2.21. The van der Waals surface area contributed by atoms with Crippen molar-refractivity contribution in [3.63, 3.8) is 0 Å². The molecule has 0 atom stereocenters. The summed E-state index contributed by atoms with van der Waals surface area (Å²) in [5, 5.41) is 12.0. The first-order chi connectivity index (χ1) is 17.4. The van der Waals surface area contributed by atoms with Crippen molar-refractivity contribution >= 4 is 80.6 Å². The lowest BCUT2D eigenvalue weighted by Gasteiger charge is -2.08. The van der Waals surface area contributed by atoms with E-state index in [1.165, 1.54) is 18.9 Å². The summed E-state index contributed by atoms with van der Waals surface area (Å²) in [7, 11) is 1.32. The lowest BCUT2D eigenvalue weighted by molar-refractivity contribution is -0.192. The number of hydrogen-bond acceptors (Lipinski definition) is 7. The van der Waals surface area contributed by atoms with Crippen molar-refractivity contribution in [2.75, 3.05) is 12.4 Å². The number of carboxylic acid groups (broad SMARTS) is 1. The molecule has 2 aromatic carbocycles. The molecule has 1 amide bonds. The molecule has 2 heterocycles. The fourth-order valence-corrected chi connectivity index (χ4v) is 4.19. The van der Waals surface area contributed by atoms with Gasteiger partial charge >= 0.3 is 18.1 Å². The van der Waals surface area contributed by atoms with Crippen LogP contribution >= 0.6 is 35.0 Å². The number of para-hydroxylation sites is 1. The van der Waals surface area contributed by atoms with E-state index in [4.69, 9.17) is 37.8 Å². The summed E-state index contributed by atoms with van der Waals surface area (Å²) in [5.41, 5.74) is 2.27. The molecule has 0 bridgehead atoms. The number of carbonyl (C=O) groups excluding carboxylic acids is 2. The second kappa shape index (κ2) is 11.6. The van der Waals surface area contributed by atoms with Crippen LogP contribution in [0.5, 0.6) is 0 Å². The standard InChI is InChI=1S/C21H13Cl2N3O3S.C2HF3O2/c1-29-20(28)12-7-8-24-16-6-5-11(9-13(12)16)10-17-19(27)26-21(30-17)25-18-14(22)3-2-4-15(18)23;3-2(4,5)1(6)7/h2-10H,1H3,(H,25,26,27);(H,6,7)/b17-10-;. The molecule has 8 nitrogen and oxygen atoms in total. The van der Waals surface area contributed by atoms with Crippen LogP contribution in [0.1, 0.15) is 15.9 Å². The number of fused-ring (bicyclic) bond motifs is 1. The average Bonchev–Trinajstić information content (AvgIpc) is 3.18. The molecule has 0 unspecified atom stereocenters. The van der Waals surface area contributed by atoms with Crippen LogP contribution in [0, 0.1) is 0 Å². The van der Waals surface area contributed by atoms with Gasteiger partial charge in [-0.15, -0.1) is 0 Å². The number of amidine groups is 1. The van der Waals surface area contributed by atoms with Crippen molar-refractivity contribution in [2.45, 2.75) is 6.18 Å². The third-order valence-corrected chi connectivity index (χ3v) is 6.06. The van der Waals surface area contributed by atoms with Gasteiger partial charge < -0.3 is 15.2 Å². The fraction of sp³-hybridized carbons (Fsp3) is 0.0870. The Morgan fingerprint density at radius 3 is 2.38 bits per heavy atom. The maximum absolute atomic E-state index is 12.4. The summed E-state index contributed by atoms with van der Waals surface area (Å²) in [4.78, 5) is 42.0. The summed E-state index contributed by atoms with van der Waals surface area (Å²) < 4.78 is 36.6. The fourth-order valence-electron chi connectivity index (χ4n) is 2.88. The number of nitrogens with one attached hydrogen (secondary N) is 1. The van der Waals surface area contributed by atoms with Crippen molar-refractivity contribution < 1.29 is 37.4 Å². The predicted octanol–water partition coefficient (Wildman–Crippen LogP) is 6.04. The molecule has 2 N–H and O–H groups in total. The average molecular weight is 572 g/mol. The summed E-state index contributed by atoms with van der Waals surface area (Å²) in [6.45, 7) is 0. The Morgan fingerprint density at radius 1 is 1.14 bits per heavy atom. The van der Waals surface area contributed by atoms with Crippen LogP contribution in [0.25, 0.3) is 17.0 Å². The van der Waals surface area contributed by atoms with E-state index in [1.807, 2.05) is 6.07 Å². The molecule has 1 aliphatic heterocycles. The highest BCUT2D eigenvalue weighted by molar-refractivity contribution is 8.18. The van der Waals surface area contributed by atoms with Gasteiger partial charge in [-0.1, -0.05) is 35.3 Å². The first kappa shape index (κ1) is 28.0. The van der Waals surface area contributed by atoms with Gasteiger partial charge in [0.15, 0.2) is 5.17 Å². The van der Waals surface area contributed by atoms with Crippen LogP contribution in [0.15, 0.2) is 58.6 Å². The Labute approximate surface area is 221 Å². The van der Waals surface area contributed by atoms with Gasteiger partial charge in [0.05, 0.1) is 38.8 Å². The van der Waals surface area contributed by atoms with Gasteiger partial charge in [-0.25, -0.2) is 9.59 Å². The molecule has 0 spiro atoms. The van der Waals surface area contributed by atoms with E-state index in [1.54, 1.807) is 48.7 Å². The van der Waals surface area contributed by atoms with Crippen LogP contribution < -0.4 is 5.32 Å². The highest BCUT2D eigenvalue weighted by Crippen LogP contribution is 2.35. The smallest absolute Gasteiger partial charge is 0.475 e. The maximum Gasteiger partial charge on any atom is 0.490 e. The van der Waals surface area contributed by atoms with Gasteiger partial charge in [0.1, 0.15) is 0 Å². The molecular formula is C23H14Cl2F3N3O5S. The molecule has 0 saturated heterocycles. The zero-order chi connectivity index (χ0) is 27.3. The van der Waals surface area contributed by atoms with Crippen molar-refractivity contribution in [3.8, 4) is 0 Å². The SMILES string of the molecule is COC(=O)c1ccnc2ccc(/C=C3\SC(Nc4c(Cl)cccc4Cl)=NC3=O)cc12.O=C(O)C(F)(F)F. The third-order valence-electron chi connectivity index (χ3n) is 4.53. The minimum atomic E-state index is -5.08. The number of pyridine rings is 1. The molecule has 1 aromatic heterocycles. The number of esters is 1. The highest BCUT2D eigenvalue weighted by Gasteiger charge is 2.38. The van der Waals surface area contributed by atoms with Crippen molar-refractivity contribution in [3.05, 3.63) is 74.7 Å². The van der Waals surface area contributed by atoms with Crippen LogP contribution in [0.4, 0.5) is 18.9 Å². The molecule has 4 rings (SSSR count). The Morgan fingerprint density at radius 2 is 1.78 bits per heavy atom. The van der Waals surface area contributed by atoms with Crippen molar-refractivity contribution in [2.24, 2.45) is 4.99 Å². The summed E-state index contributed by atoms with van der Waals surface area (Å²) in [6.07, 6.45) is -1.83. The molecule has 1 aliphatic rings. The zero-order valence-corrected chi connectivity index (χ0v) is 20.8. The van der Waals surface area contributed by atoms with E-state index in [2.05, 4.69) is 15.3 Å². The minimum Gasteiger partial charge on any atom is -0.475 e. The lowest BCUT2D eigenvalue weighted by atomic mass is 10.1. The normalized spacial score (nSPS) is 14.2. The number of halogens is 5. The largest absolute Gasteiger partial charge is 0.490 e. The minimum absolute atomic E-state index is 0.374. The predicted molar refractivity (Wildman–Crippen MR) is 135 cm³/mol. The second-order valence-corrected chi connectivity index (χ2v) is 8.83. The number of hydrogen-bond donors (Lipinski definition) is 2. The number of methoxy groups -OCH3 is 1. The molecular weight excluding hydrogens is 558 g/mol. The van der Waals surface area contributed by atoms with E-state index in [9.17, 15) is 22.8 Å². The number of thioether (sulfide) groups is 1. The second-order valence-electron chi connectivity index (χ2n) is 6.98. The van der Waals surface area contributed by atoms with Crippen molar-refractivity contribution in [1.82, 2.24) is 4.98 Å². The van der Waals surface area contributed by atoms with E-state index in [0.29, 0.717) is 42.3 Å². The number of carbonyl (C=O) groups is 3.